The zero-order valence-electron chi connectivity index (χ0n) is 19.8. The number of rotatable bonds is 8. The van der Waals surface area contributed by atoms with Crippen LogP contribution in [0.1, 0.15) is 42.3 Å². The highest BCUT2D eigenvalue weighted by molar-refractivity contribution is 7.12. The van der Waals surface area contributed by atoms with Crippen LogP contribution in [0.15, 0.2) is 40.9 Å². The summed E-state index contributed by atoms with van der Waals surface area (Å²) >= 11 is 1.64. The number of carbonyl (C=O) groups is 2. The summed E-state index contributed by atoms with van der Waals surface area (Å²) in [4.78, 5) is 32.1. The number of amides is 2. The molecule has 8 nitrogen and oxygen atoms in total. The number of aryl methyl sites for hydroxylation is 1. The van der Waals surface area contributed by atoms with Crippen LogP contribution in [-0.4, -0.2) is 82.8 Å². The van der Waals surface area contributed by atoms with Crippen molar-refractivity contribution in [2.24, 2.45) is 18.1 Å². The largest absolute Gasteiger partial charge is 0.379 e. The molecule has 1 saturated heterocycles. The van der Waals surface area contributed by atoms with Gasteiger partial charge in [0.1, 0.15) is 12.6 Å². The predicted octanol–water partition coefficient (Wildman–Crippen LogP) is 2.73. The van der Waals surface area contributed by atoms with Crippen LogP contribution in [0, 0.1) is 5.92 Å². The van der Waals surface area contributed by atoms with E-state index < -0.39 is 0 Å². The van der Waals surface area contributed by atoms with E-state index in [4.69, 9.17) is 9.84 Å². The highest BCUT2D eigenvalue weighted by atomic mass is 32.1. The molecular weight excluding hydrogens is 450 g/mol. The van der Waals surface area contributed by atoms with Gasteiger partial charge in [-0.1, -0.05) is 12.5 Å². The van der Waals surface area contributed by atoms with Crippen molar-refractivity contribution >= 4 is 28.9 Å². The van der Waals surface area contributed by atoms with Gasteiger partial charge in [-0.05, 0) is 36.4 Å². The van der Waals surface area contributed by atoms with Crippen LogP contribution in [0.4, 0.5) is 0 Å². The van der Waals surface area contributed by atoms with Gasteiger partial charge in [-0.3, -0.25) is 14.5 Å². The SMILES string of the molecule is Cn1cccc1C1CC(c2cccs2)=NN1C(=O)CN(CCN1CCOCC1)C(=O)C1CCC1. The Kier molecular flexibility index (Phi) is 7.12. The number of hydrazone groups is 1. The van der Waals surface area contributed by atoms with E-state index in [1.54, 1.807) is 21.2 Å². The van der Waals surface area contributed by atoms with Crippen LogP contribution < -0.4 is 0 Å². The van der Waals surface area contributed by atoms with Crippen molar-refractivity contribution in [3.8, 4) is 0 Å². The van der Waals surface area contributed by atoms with Gasteiger partial charge in [-0.15, -0.1) is 11.3 Å². The lowest BCUT2D eigenvalue weighted by Crippen LogP contribution is -2.49. The van der Waals surface area contributed by atoms with Gasteiger partial charge >= 0.3 is 0 Å². The molecule has 1 unspecified atom stereocenters. The van der Waals surface area contributed by atoms with E-state index in [-0.39, 0.29) is 30.3 Å². The molecule has 1 saturated carbocycles. The summed E-state index contributed by atoms with van der Waals surface area (Å²) in [5, 5.41) is 8.44. The molecule has 0 radical (unpaired) electrons. The number of nitrogens with zero attached hydrogens (tertiary/aromatic N) is 5. The first kappa shape index (κ1) is 23.3. The normalized spacial score (nSPS) is 21.4. The first-order valence-corrected chi connectivity index (χ1v) is 13.1. The van der Waals surface area contributed by atoms with E-state index in [9.17, 15) is 9.59 Å². The van der Waals surface area contributed by atoms with Gasteiger partial charge in [0.15, 0.2) is 0 Å². The molecule has 2 aliphatic heterocycles. The van der Waals surface area contributed by atoms with Crippen LogP contribution >= 0.6 is 11.3 Å². The Bertz CT molecular complexity index is 1020. The highest BCUT2D eigenvalue weighted by Gasteiger charge is 2.37. The maximum Gasteiger partial charge on any atom is 0.262 e. The Morgan fingerprint density at radius 2 is 2.03 bits per heavy atom. The monoisotopic (exact) mass is 483 g/mol. The zero-order chi connectivity index (χ0) is 23.5. The summed E-state index contributed by atoms with van der Waals surface area (Å²) in [6, 6.07) is 7.94. The van der Waals surface area contributed by atoms with Gasteiger partial charge in [0.05, 0.1) is 23.8 Å². The van der Waals surface area contributed by atoms with Crippen LogP contribution in [0.5, 0.6) is 0 Å². The lowest BCUT2D eigenvalue weighted by atomic mass is 9.84. The van der Waals surface area contributed by atoms with Gasteiger partial charge in [-0.2, -0.15) is 5.10 Å². The molecule has 2 aromatic heterocycles. The van der Waals surface area contributed by atoms with E-state index in [0.717, 1.165) is 68.4 Å². The highest BCUT2D eigenvalue weighted by Crippen LogP contribution is 2.34. The minimum atomic E-state index is -0.163. The number of aromatic nitrogens is 1. The molecule has 0 aromatic carbocycles. The summed E-state index contributed by atoms with van der Waals surface area (Å²) in [6.45, 7) is 4.59. The smallest absolute Gasteiger partial charge is 0.262 e. The van der Waals surface area contributed by atoms with Crippen LogP contribution in [-0.2, 0) is 21.4 Å². The minimum absolute atomic E-state index is 0.0601. The molecule has 2 aromatic rings. The zero-order valence-corrected chi connectivity index (χ0v) is 20.6. The summed E-state index contributed by atoms with van der Waals surface area (Å²) in [5.41, 5.74) is 1.98. The molecule has 1 aliphatic carbocycles. The summed E-state index contributed by atoms with van der Waals surface area (Å²) in [5.74, 6) is 0.0576. The average molecular weight is 484 g/mol. The second-order valence-corrected chi connectivity index (χ2v) is 10.3. The van der Waals surface area contributed by atoms with Crippen molar-refractivity contribution in [3.63, 3.8) is 0 Å². The van der Waals surface area contributed by atoms with E-state index in [1.807, 2.05) is 47.5 Å². The van der Waals surface area contributed by atoms with Gasteiger partial charge in [0, 0.05) is 57.5 Å². The van der Waals surface area contributed by atoms with Crippen LogP contribution in [0.25, 0.3) is 0 Å². The molecular formula is C25H33N5O3S. The second kappa shape index (κ2) is 10.4. The Morgan fingerprint density at radius 1 is 1.21 bits per heavy atom. The second-order valence-electron chi connectivity index (χ2n) is 9.37. The molecule has 4 heterocycles. The number of morpholine rings is 1. The van der Waals surface area contributed by atoms with Crippen LogP contribution in [0.3, 0.4) is 0 Å². The fourth-order valence-electron chi connectivity index (χ4n) is 4.89. The third kappa shape index (κ3) is 4.96. The Morgan fingerprint density at radius 3 is 2.68 bits per heavy atom. The minimum Gasteiger partial charge on any atom is -0.379 e. The van der Waals surface area contributed by atoms with E-state index in [0.29, 0.717) is 13.0 Å². The first-order chi connectivity index (χ1) is 16.6. The summed E-state index contributed by atoms with van der Waals surface area (Å²) in [7, 11) is 2.00. The molecule has 0 bridgehead atoms. The Hall–Kier alpha value is -2.49. The lowest BCUT2D eigenvalue weighted by Gasteiger charge is -2.34. The molecule has 2 amide bonds. The molecule has 0 N–H and O–H groups in total. The third-order valence-electron chi connectivity index (χ3n) is 7.18. The summed E-state index contributed by atoms with van der Waals surface area (Å²) in [6.07, 6.45) is 5.62. The summed E-state index contributed by atoms with van der Waals surface area (Å²) < 4.78 is 7.50. The molecule has 34 heavy (non-hydrogen) atoms. The maximum absolute atomic E-state index is 13.7. The Balaban J connectivity index is 1.34. The standard InChI is InChI=1S/C25H33N5O3S/c1-27-9-3-7-21(27)22-17-20(23-8-4-16-34-23)26-30(22)24(31)18-29(25(32)19-5-2-6-19)11-10-28-12-14-33-15-13-28/h3-4,7-9,16,19,22H,2,5-6,10-15,17-18H2,1H3. The van der Waals surface area contributed by atoms with Gasteiger partial charge < -0.3 is 14.2 Å². The number of hydrogen-bond acceptors (Lipinski definition) is 6. The maximum atomic E-state index is 13.7. The number of hydrogen-bond donors (Lipinski definition) is 0. The van der Waals surface area contributed by atoms with Crippen molar-refractivity contribution in [3.05, 3.63) is 46.4 Å². The van der Waals surface area contributed by atoms with Gasteiger partial charge in [-0.25, -0.2) is 5.01 Å². The Labute approximate surface area is 204 Å². The van der Waals surface area contributed by atoms with Crippen molar-refractivity contribution in [2.45, 2.75) is 31.7 Å². The number of carbonyl (C=O) groups excluding carboxylic acids is 2. The fraction of sp³-hybridized carbons (Fsp3) is 0.560. The first-order valence-electron chi connectivity index (χ1n) is 12.2. The molecule has 182 valence electrons. The molecule has 2 fully saturated rings. The van der Waals surface area contributed by atoms with E-state index in [2.05, 4.69) is 4.90 Å². The topological polar surface area (TPSA) is 70.4 Å². The molecule has 1 atom stereocenters. The molecule has 5 rings (SSSR count). The van der Waals surface area contributed by atoms with Crippen molar-refractivity contribution < 1.29 is 14.3 Å². The van der Waals surface area contributed by atoms with Gasteiger partial charge in [0.25, 0.3) is 5.91 Å². The average Bonchev–Trinajstić information content (AvgIpc) is 3.56. The number of thiophene rings is 1. The van der Waals surface area contributed by atoms with E-state index >= 15 is 0 Å². The van der Waals surface area contributed by atoms with E-state index in [1.165, 1.54) is 0 Å². The van der Waals surface area contributed by atoms with Crippen molar-refractivity contribution in [1.82, 2.24) is 19.4 Å². The van der Waals surface area contributed by atoms with Crippen molar-refractivity contribution in [2.75, 3.05) is 45.9 Å². The lowest BCUT2D eigenvalue weighted by molar-refractivity contribution is -0.145. The fourth-order valence-corrected chi connectivity index (χ4v) is 5.61. The van der Waals surface area contributed by atoms with Crippen molar-refractivity contribution in [1.29, 1.82) is 0 Å². The third-order valence-corrected chi connectivity index (χ3v) is 8.10. The molecule has 3 aliphatic rings. The predicted molar refractivity (Wildman–Crippen MR) is 132 cm³/mol. The molecule has 0 spiro atoms. The number of ether oxygens (including phenoxy) is 1. The molecule has 9 heteroatoms. The quantitative estimate of drug-likeness (QED) is 0.579. The van der Waals surface area contributed by atoms with Gasteiger partial charge in [0.2, 0.25) is 5.91 Å². The van der Waals surface area contributed by atoms with Crippen LogP contribution in [0.2, 0.25) is 0 Å².